The molecule has 0 amide bonds. The average molecular weight is 146 g/mol. The van der Waals surface area contributed by atoms with Crippen molar-refractivity contribution in [2.75, 3.05) is 0 Å². The van der Waals surface area contributed by atoms with Crippen LogP contribution in [-0.2, 0) is 4.79 Å². The molecule has 0 aliphatic rings. The molecule has 0 aliphatic heterocycles. The van der Waals surface area contributed by atoms with Crippen LogP contribution < -0.4 is 0 Å². The van der Waals surface area contributed by atoms with Gasteiger partial charge < -0.3 is 5.11 Å². The predicted molar refractivity (Wildman–Crippen MR) is 39.8 cm³/mol. The minimum absolute atomic E-state index is 0.443. The van der Waals surface area contributed by atoms with Gasteiger partial charge in [0.25, 0.3) is 0 Å². The number of thiol groups is 1. The summed E-state index contributed by atoms with van der Waals surface area (Å²) < 4.78 is 0. The van der Waals surface area contributed by atoms with E-state index in [0.29, 0.717) is 6.42 Å². The van der Waals surface area contributed by atoms with Crippen molar-refractivity contribution in [3.63, 3.8) is 0 Å². The molecule has 0 rings (SSSR count). The third-order valence-corrected chi connectivity index (χ3v) is 1.23. The molecule has 0 aromatic rings. The topological polar surface area (TPSA) is 37.3 Å². The maximum atomic E-state index is 10.1. The molecule has 0 saturated carbocycles. The first kappa shape index (κ1) is 8.56. The maximum absolute atomic E-state index is 10.1. The molecule has 0 radical (unpaired) electrons. The van der Waals surface area contributed by atoms with Crippen molar-refractivity contribution in [2.45, 2.75) is 18.6 Å². The second-order valence-electron chi connectivity index (χ2n) is 2.02. The van der Waals surface area contributed by atoms with Crippen molar-refractivity contribution < 1.29 is 9.90 Å². The van der Waals surface area contributed by atoms with Crippen molar-refractivity contribution >= 4 is 18.6 Å². The first-order valence-electron chi connectivity index (χ1n) is 2.59. The van der Waals surface area contributed by atoms with Crippen LogP contribution in [0.5, 0.6) is 0 Å². The molecule has 0 saturated heterocycles. The van der Waals surface area contributed by atoms with Gasteiger partial charge in [-0.25, -0.2) is 0 Å². The third kappa shape index (κ3) is 4.09. The normalized spacial score (nSPS) is 12.7. The number of carboxylic acids is 1. The monoisotopic (exact) mass is 146 g/mol. The second kappa shape index (κ2) is 3.56. The highest BCUT2D eigenvalue weighted by Gasteiger charge is 2.10. The van der Waals surface area contributed by atoms with E-state index >= 15 is 0 Å². The van der Waals surface area contributed by atoms with E-state index in [9.17, 15) is 4.79 Å². The standard InChI is InChI=1S/C6H10O2S/c1-4(2)3-5(9)6(7)8/h5,9H,1,3H2,2H3,(H,7,8). The molecule has 0 heterocycles. The Kier molecular flexibility index (Phi) is 3.39. The van der Waals surface area contributed by atoms with Gasteiger partial charge in [-0.3, -0.25) is 4.79 Å². The number of carbonyl (C=O) groups is 1. The van der Waals surface area contributed by atoms with Gasteiger partial charge in [0.05, 0.1) is 0 Å². The Morgan fingerprint density at radius 2 is 2.33 bits per heavy atom. The van der Waals surface area contributed by atoms with Crippen LogP contribution in [0, 0.1) is 0 Å². The van der Waals surface area contributed by atoms with Crippen LogP contribution in [0.25, 0.3) is 0 Å². The van der Waals surface area contributed by atoms with Gasteiger partial charge in [-0.2, -0.15) is 12.6 Å². The summed E-state index contributed by atoms with van der Waals surface area (Å²) >= 11 is 3.80. The second-order valence-corrected chi connectivity index (χ2v) is 2.64. The van der Waals surface area contributed by atoms with Crippen LogP contribution >= 0.6 is 12.6 Å². The largest absolute Gasteiger partial charge is 0.480 e. The Balaban J connectivity index is 3.63. The van der Waals surface area contributed by atoms with E-state index in [0.717, 1.165) is 5.57 Å². The lowest BCUT2D eigenvalue weighted by Gasteiger charge is -2.02. The van der Waals surface area contributed by atoms with E-state index in [2.05, 4.69) is 19.2 Å². The number of aliphatic carboxylic acids is 1. The molecular weight excluding hydrogens is 136 g/mol. The van der Waals surface area contributed by atoms with Crippen LogP contribution in [0.2, 0.25) is 0 Å². The average Bonchev–Trinajstić information content (AvgIpc) is 1.63. The fourth-order valence-electron chi connectivity index (χ4n) is 0.417. The molecule has 0 spiro atoms. The molecular formula is C6H10O2S. The Morgan fingerprint density at radius 1 is 1.89 bits per heavy atom. The van der Waals surface area contributed by atoms with Gasteiger partial charge in [0.1, 0.15) is 5.25 Å². The highest BCUT2D eigenvalue weighted by molar-refractivity contribution is 7.81. The number of hydrogen-bond acceptors (Lipinski definition) is 2. The van der Waals surface area contributed by atoms with Gasteiger partial charge in [-0.15, -0.1) is 6.58 Å². The summed E-state index contributed by atoms with van der Waals surface area (Å²) in [5.41, 5.74) is 0.845. The first-order chi connectivity index (χ1) is 4.04. The summed E-state index contributed by atoms with van der Waals surface area (Å²) in [7, 11) is 0. The van der Waals surface area contributed by atoms with Crippen molar-refractivity contribution in [1.82, 2.24) is 0 Å². The highest BCUT2D eigenvalue weighted by Crippen LogP contribution is 2.07. The Morgan fingerprint density at radius 3 is 2.44 bits per heavy atom. The van der Waals surface area contributed by atoms with Gasteiger partial charge in [0.2, 0.25) is 0 Å². The van der Waals surface area contributed by atoms with Crippen molar-refractivity contribution in [2.24, 2.45) is 0 Å². The van der Waals surface area contributed by atoms with E-state index < -0.39 is 11.2 Å². The maximum Gasteiger partial charge on any atom is 0.316 e. The first-order valence-corrected chi connectivity index (χ1v) is 3.11. The predicted octanol–water partition coefficient (Wildman–Crippen LogP) is 1.34. The van der Waals surface area contributed by atoms with Crippen LogP contribution in [-0.4, -0.2) is 16.3 Å². The molecule has 52 valence electrons. The number of hydrogen-bond donors (Lipinski definition) is 2. The summed E-state index contributed by atoms with van der Waals surface area (Å²) in [5.74, 6) is -0.888. The minimum atomic E-state index is -0.888. The van der Waals surface area contributed by atoms with Crippen LogP contribution in [0.3, 0.4) is 0 Å². The zero-order valence-electron chi connectivity index (χ0n) is 5.29. The Labute approximate surface area is 60.0 Å². The number of rotatable bonds is 3. The van der Waals surface area contributed by atoms with Gasteiger partial charge >= 0.3 is 5.97 Å². The van der Waals surface area contributed by atoms with E-state index in [1.165, 1.54) is 0 Å². The van der Waals surface area contributed by atoms with E-state index in [4.69, 9.17) is 5.11 Å². The molecule has 1 unspecified atom stereocenters. The lowest BCUT2D eigenvalue weighted by atomic mass is 10.2. The molecule has 0 aliphatic carbocycles. The molecule has 0 aromatic heterocycles. The molecule has 9 heavy (non-hydrogen) atoms. The zero-order chi connectivity index (χ0) is 7.44. The molecule has 3 heteroatoms. The SMILES string of the molecule is C=C(C)CC(S)C(=O)O. The smallest absolute Gasteiger partial charge is 0.316 e. The zero-order valence-corrected chi connectivity index (χ0v) is 6.19. The van der Waals surface area contributed by atoms with Crippen LogP contribution in [0.4, 0.5) is 0 Å². The lowest BCUT2D eigenvalue weighted by Crippen LogP contribution is -2.12. The fourth-order valence-corrected chi connectivity index (χ4v) is 0.729. The van der Waals surface area contributed by atoms with Crippen molar-refractivity contribution in [1.29, 1.82) is 0 Å². The number of allylic oxidation sites excluding steroid dienone is 1. The minimum Gasteiger partial charge on any atom is -0.480 e. The molecule has 2 nitrogen and oxygen atoms in total. The summed E-state index contributed by atoms with van der Waals surface area (Å²) in [6.07, 6.45) is 0.443. The quantitative estimate of drug-likeness (QED) is 0.465. The summed E-state index contributed by atoms with van der Waals surface area (Å²) in [6, 6.07) is 0. The summed E-state index contributed by atoms with van der Waals surface area (Å²) in [6.45, 7) is 5.35. The highest BCUT2D eigenvalue weighted by atomic mass is 32.1. The summed E-state index contributed by atoms with van der Waals surface area (Å²) in [4.78, 5) is 10.1. The molecule has 0 aromatic carbocycles. The van der Waals surface area contributed by atoms with Gasteiger partial charge in [0.15, 0.2) is 0 Å². The van der Waals surface area contributed by atoms with Crippen LogP contribution in [0.15, 0.2) is 12.2 Å². The molecule has 1 atom stereocenters. The van der Waals surface area contributed by atoms with Gasteiger partial charge in [0, 0.05) is 0 Å². The molecule has 1 N–H and O–H groups in total. The summed E-state index contributed by atoms with van der Waals surface area (Å²) in [5, 5.41) is 7.72. The Bertz CT molecular complexity index is 131. The molecule has 0 bridgehead atoms. The van der Waals surface area contributed by atoms with Crippen molar-refractivity contribution in [3.8, 4) is 0 Å². The van der Waals surface area contributed by atoms with Crippen LogP contribution in [0.1, 0.15) is 13.3 Å². The van der Waals surface area contributed by atoms with Gasteiger partial charge in [-0.05, 0) is 13.3 Å². The fraction of sp³-hybridized carbons (Fsp3) is 0.500. The third-order valence-electron chi connectivity index (χ3n) is 0.827. The van der Waals surface area contributed by atoms with Crippen molar-refractivity contribution in [3.05, 3.63) is 12.2 Å². The number of carboxylic acid groups (broad SMARTS) is 1. The lowest BCUT2D eigenvalue weighted by molar-refractivity contribution is -0.136. The van der Waals surface area contributed by atoms with E-state index in [1.54, 1.807) is 6.92 Å². The van der Waals surface area contributed by atoms with Gasteiger partial charge in [-0.1, -0.05) is 5.57 Å². The molecule has 0 fully saturated rings. The Hall–Kier alpha value is -0.440. The van der Waals surface area contributed by atoms with E-state index in [-0.39, 0.29) is 0 Å². The van der Waals surface area contributed by atoms with E-state index in [1.807, 2.05) is 0 Å².